The predicted molar refractivity (Wildman–Crippen MR) is 357 cm³/mol. The van der Waals surface area contributed by atoms with Gasteiger partial charge in [0.25, 0.3) is 23.9 Å². The van der Waals surface area contributed by atoms with Crippen molar-refractivity contribution in [3.63, 3.8) is 0 Å². The van der Waals surface area contributed by atoms with Crippen LogP contribution in [0.4, 0.5) is 0 Å². The van der Waals surface area contributed by atoms with Gasteiger partial charge < -0.3 is 96.4 Å². The van der Waals surface area contributed by atoms with Gasteiger partial charge >= 0.3 is 26.2 Å². The zero-order chi connectivity index (χ0) is 73.0. The van der Waals surface area contributed by atoms with Crippen molar-refractivity contribution >= 4 is 47.0 Å². The summed E-state index contributed by atoms with van der Waals surface area (Å²) in [5.41, 5.74) is 0. The van der Waals surface area contributed by atoms with Crippen molar-refractivity contribution in [3.05, 3.63) is 0 Å². The Labute approximate surface area is 603 Å². The maximum Gasteiger partial charge on any atom is 4.00 e. The molecule has 0 saturated carbocycles. The van der Waals surface area contributed by atoms with Crippen LogP contribution in [0, 0.1) is 0 Å². The summed E-state index contributed by atoms with van der Waals surface area (Å²) in [6, 6.07) is 0. The second kappa shape index (κ2) is 71.4. The molecule has 24 nitrogen and oxygen atoms in total. The summed E-state index contributed by atoms with van der Waals surface area (Å²) >= 11 is 0. The van der Waals surface area contributed by atoms with Crippen LogP contribution in [-0.2, 0) is 121 Å². The number of ether oxygens (including phenoxy) is 12. The minimum Gasteiger partial charge on any atom is -0.550 e. The molecular weight excluding hydrogens is 1340 g/mol. The summed E-state index contributed by atoms with van der Waals surface area (Å²) in [4.78, 5) is 89.0. The Bertz CT molecular complexity index is 1540. The van der Waals surface area contributed by atoms with Crippen LogP contribution in [0.15, 0.2) is 0 Å². The summed E-state index contributed by atoms with van der Waals surface area (Å²) < 4.78 is 70.3. The second-order valence-corrected chi connectivity index (χ2v) is 23.5. The van der Waals surface area contributed by atoms with Gasteiger partial charge in [0.15, 0.2) is 0 Å². The first-order valence-corrected chi connectivity index (χ1v) is 36.5. The summed E-state index contributed by atoms with van der Waals surface area (Å²) in [6.45, 7) is 30.4. The van der Waals surface area contributed by atoms with Crippen molar-refractivity contribution in [1.82, 2.24) is 0 Å². The maximum absolute atomic E-state index is 11.7. The van der Waals surface area contributed by atoms with Gasteiger partial charge in [-0.15, -0.1) is 0 Å². The monoisotopic (exact) mass is 1470 g/mol. The van der Waals surface area contributed by atoms with Crippen molar-refractivity contribution in [2.24, 2.45) is 0 Å². The Morgan fingerprint density at radius 2 is 0.320 bits per heavy atom. The van der Waals surface area contributed by atoms with Crippen LogP contribution in [0.3, 0.4) is 0 Å². The first-order valence-electron chi connectivity index (χ1n) is 36.5. The van der Waals surface area contributed by atoms with E-state index < -0.39 is 96.6 Å². The predicted octanol–water partition coefficient (Wildman–Crippen LogP) is 10.3. The summed E-state index contributed by atoms with van der Waals surface area (Å²) in [5.74, 6) is -12.1. The fourth-order valence-electron chi connectivity index (χ4n) is 8.00. The molecule has 0 radical (unpaired) electrons. The standard InChI is InChI=1S/4C18H34O6.Zr/c4*1-4-7-12-22-18(23-13-8-5-2,24-14-9-6-3)11-10-16(19)15-17(20)21;/h4*4-15H2,1-3H3,(H,20,21);/q;;;;+4/p-4. The van der Waals surface area contributed by atoms with E-state index in [4.69, 9.17) is 56.8 Å². The molecule has 0 aromatic carbocycles. The SMILES string of the molecule is CCCCOC(CCC(=O)CC(=O)[O-])(OCCCC)OCCCC.CCCCOC(CCC(=O)CC(=O)[O-])(OCCCC)OCCCC.CCCCOC(CCC(=O)CC(=O)[O-])(OCCCC)OCCCC.CCCCOC(CCC(=O)CC(=O)[O-])(OCCCC)OCCCC.[Zr+4]. The number of hydrogen-bond acceptors (Lipinski definition) is 24. The molecule has 0 saturated heterocycles. The van der Waals surface area contributed by atoms with Crippen molar-refractivity contribution in [2.45, 2.75) is 338 Å². The van der Waals surface area contributed by atoms with Crippen molar-refractivity contribution in [1.29, 1.82) is 0 Å². The van der Waals surface area contributed by atoms with E-state index in [1.807, 2.05) is 0 Å². The largest absolute Gasteiger partial charge is 4.00 e. The van der Waals surface area contributed by atoms with Crippen LogP contribution in [0.25, 0.3) is 0 Å². The quantitative estimate of drug-likeness (QED) is 0.0310. The summed E-state index contributed by atoms with van der Waals surface area (Å²) in [5, 5.41) is 42.2. The van der Waals surface area contributed by atoms with Crippen LogP contribution in [0.1, 0.15) is 314 Å². The van der Waals surface area contributed by atoms with Gasteiger partial charge in [-0.25, -0.2) is 0 Å². The molecule has 0 aromatic rings. The van der Waals surface area contributed by atoms with Crippen molar-refractivity contribution in [3.8, 4) is 0 Å². The smallest absolute Gasteiger partial charge is 0.550 e. The van der Waals surface area contributed by atoms with E-state index in [2.05, 4.69) is 83.1 Å². The molecule has 0 aromatic heterocycles. The molecular formula is C72H132O24Zr. The van der Waals surface area contributed by atoms with Gasteiger partial charge in [-0.3, -0.25) is 19.2 Å². The third kappa shape index (κ3) is 64.8. The van der Waals surface area contributed by atoms with E-state index in [9.17, 15) is 58.8 Å². The number of carboxylic acids is 4. The van der Waals surface area contributed by atoms with Crippen LogP contribution in [-0.4, -0.2) is 150 Å². The molecule has 0 spiro atoms. The maximum atomic E-state index is 11.7. The van der Waals surface area contributed by atoms with Gasteiger partial charge in [-0.05, 0) is 77.0 Å². The van der Waals surface area contributed by atoms with E-state index in [0.29, 0.717) is 79.3 Å². The molecule has 0 atom stereocenters. The fraction of sp³-hybridized carbons (Fsp3) is 0.889. The Morgan fingerprint density at radius 3 is 0.402 bits per heavy atom. The number of hydrogen-bond donors (Lipinski definition) is 0. The third-order valence-electron chi connectivity index (χ3n) is 14.0. The Kier molecular flexibility index (Phi) is 75.5. The molecule has 568 valence electrons. The molecule has 0 N–H and O–H groups in total. The third-order valence-corrected chi connectivity index (χ3v) is 14.0. The molecule has 0 aliphatic heterocycles. The van der Waals surface area contributed by atoms with Crippen LogP contribution in [0.2, 0.25) is 0 Å². The number of aliphatic carboxylic acids is 4. The van der Waals surface area contributed by atoms with Crippen LogP contribution < -0.4 is 20.4 Å². The topological polar surface area (TPSA) is 340 Å². The van der Waals surface area contributed by atoms with Gasteiger partial charge in [-0.2, -0.15) is 0 Å². The van der Waals surface area contributed by atoms with Gasteiger partial charge in [0.2, 0.25) is 0 Å². The number of Topliss-reactive ketones (excluding diaryl/α,β-unsaturated/α-hetero) is 4. The average Bonchev–Trinajstić information content (AvgIpc) is 0.937. The number of unbranched alkanes of at least 4 members (excludes halogenated alkanes) is 12. The van der Waals surface area contributed by atoms with Crippen LogP contribution in [0.5, 0.6) is 0 Å². The molecule has 0 rings (SSSR count). The van der Waals surface area contributed by atoms with E-state index in [1.54, 1.807) is 0 Å². The normalized spacial score (nSPS) is 11.5. The summed E-state index contributed by atoms with van der Waals surface area (Å²) in [7, 11) is 0. The summed E-state index contributed by atoms with van der Waals surface area (Å²) in [6.07, 6.45) is 20.6. The molecule has 97 heavy (non-hydrogen) atoms. The minimum absolute atomic E-state index is 0. The molecule has 0 aliphatic rings. The minimum atomic E-state index is -1.36. The van der Waals surface area contributed by atoms with Crippen molar-refractivity contribution < 1.29 is 142 Å². The van der Waals surface area contributed by atoms with Crippen LogP contribution >= 0.6 is 0 Å². The zero-order valence-corrected chi connectivity index (χ0v) is 64.7. The fourth-order valence-corrected chi connectivity index (χ4v) is 8.00. The van der Waals surface area contributed by atoms with Gasteiger partial charge in [0, 0.05) is 101 Å². The first-order chi connectivity index (χ1) is 46.0. The zero-order valence-electron chi connectivity index (χ0n) is 62.2. The van der Waals surface area contributed by atoms with Gasteiger partial charge in [0.1, 0.15) is 23.1 Å². The average molecular weight is 1470 g/mol. The van der Waals surface area contributed by atoms with Gasteiger partial charge in [-0.1, -0.05) is 160 Å². The molecule has 0 aliphatic carbocycles. The first kappa shape index (κ1) is 103. The number of ketones is 4. The van der Waals surface area contributed by atoms with Gasteiger partial charge in [0.05, 0.1) is 79.3 Å². The molecule has 25 heteroatoms. The van der Waals surface area contributed by atoms with Crippen molar-refractivity contribution in [2.75, 3.05) is 79.3 Å². The second-order valence-electron chi connectivity index (χ2n) is 23.5. The number of carboxylic acid groups (broad SMARTS) is 4. The van der Waals surface area contributed by atoms with E-state index >= 15 is 0 Å². The Morgan fingerprint density at radius 1 is 0.216 bits per heavy atom. The number of carbonyl (C=O) groups is 8. The molecule has 0 unspecified atom stereocenters. The van der Waals surface area contributed by atoms with E-state index in [1.165, 1.54) is 0 Å². The Balaban J connectivity index is -0.000000386. The number of rotatable bonds is 68. The number of carbonyl (C=O) groups excluding carboxylic acids is 8. The van der Waals surface area contributed by atoms with E-state index in [0.717, 1.165) is 154 Å². The molecule has 0 amide bonds. The molecule has 0 bridgehead atoms. The molecule has 0 fully saturated rings. The van der Waals surface area contributed by atoms with E-state index in [-0.39, 0.29) is 77.6 Å². The Hall–Kier alpha value is -3.04. The molecule has 0 heterocycles.